The van der Waals surface area contributed by atoms with Crippen LogP contribution in [0.3, 0.4) is 0 Å². The van der Waals surface area contributed by atoms with Gasteiger partial charge in [0.05, 0.1) is 0 Å². The van der Waals surface area contributed by atoms with Gasteiger partial charge in [-0.25, -0.2) is 0 Å². The van der Waals surface area contributed by atoms with Gasteiger partial charge in [-0.05, 0) is 24.6 Å². The molecule has 0 amide bonds. The average Bonchev–Trinajstić information content (AvgIpc) is 1.88. The van der Waals surface area contributed by atoms with Gasteiger partial charge in [0.1, 0.15) is 11.5 Å². The summed E-state index contributed by atoms with van der Waals surface area (Å²) in [6.07, 6.45) is 1.64. The standard InChI is InChI=1S/C7H9N3.ClH/c1-5-2-3-10-6(4-5)7(8)9;/h2-4H,1H3,(H3,8,9);1H. The fraction of sp³-hybridized carbons (Fsp3) is 0.143. The van der Waals surface area contributed by atoms with Crippen molar-refractivity contribution >= 4 is 18.2 Å². The van der Waals surface area contributed by atoms with Gasteiger partial charge < -0.3 is 5.73 Å². The van der Waals surface area contributed by atoms with E-state index >= 15 is 0 Å². The van der Waals surface area contributed by atoms with Crippen molar-refractivity contribution in [3.05, 3.63) is 29.6 Å². The summed E-state index contributed by atoms with van der Waals surface area (Å²) in [6, 6.07) is 3.65. The first-order chi connectivity index (χ1) is 4.70. The monoisotopic (exact) mass is 171 g/mol. The molecule has 0 aliphatic heterocycles. The van der Waals surface area contributed by atoms with Crippen LogP contribution in [-0.4, -0.2) is 10.8 Å². The zero-order valence-corrected chi connectivity index (χ0v) is 6.98. The highest BCUT2D eigenvalue weighted by Gasteiger charge is 1.94. The van der Waals surface area contributed by atoms with Gasteiger partial charge >= 0.3 is 0 Å². The summed E-state index contributed by atoms with van der Waals surface area (Å²) in [4.78, 5) is 3.89. The summed E-state index contributed by atoms with van der Waals surface area (Å²) in [5.74, 6) is 0.0173. The predicted octanol–water partition coefficient (Wildman–Crippen LogP) is 1.10. The van der Waals surface area contributed by atoms with E-state index in [1.807, 2.05) is 13.0 Å². The molecule has 1 rings (SSSR count). The molecule has 0 saturated carbocycles. The van der Waals surface area contributed by atoms with Crippen LogP contribution < -0.4 is 5.73 Å². The number of rotatable bonds is 1. The van der Waals surface area contributed by atoms with E-state index in [9.17, 15) is 0 Å². The summed E-state index contributed by atoms with van der Waals surface area (Å²) < 4.78 is 0. The Hall–Kier alpha value is -1.09. The summed E-state index contributed by atoms with van der Waals surface area (Å²) in [5, 5.41) is 7.05. The second kappa shape index (κ2) is 3.93. The molecule has 3 N–H and O–H groups in total. The minimum Gasteiger partial charge on any atom is -0.382 e. The lowest BCUT2D eigenvalue weighted by Crippen LogP contribution is -2.12. The number of hydrogen-bond donors (Lipinski definition) is 2. The van der Waals surface area contributed by atoms with Crippen LogP contribution in [0.4, 0.5) is 0 Å². The Morgan fingerprint density at radius 1 is 1.64 bits per heavy atom. The second-order valence-corrected chi connectivity index (χ2v) is 2.13. The SMILES string of the molecule is Cc1ccnc(C(=N)N)c1.Cl. The molecule has 0 aliphatic rings. The lowest BCUT2D eigenvalue weighted by atomic mass is 10.2. The van der Waals surface area contributed by atoms with E-state index in [1.54, 1.807) is 12.3 Å². The first-order valence-electron chi connectivity index (χ1n) is 2.97. The van der Waals surface area contributed by atoms with Crippen molar-refractivity contribution in [1.29, 1.82) is 5.41 Å². The van der Waals surface area contributed by atoms with Gasteiger partial charge in [0.15, 0.2) is 0 Å². The van der Waals surface area contributed by atoms with Gasteiger partial charge in [0, 0.05) is 6.20 Å². The molecule has 0 saturated heterocycles. The first kappa shape index (κ1) is 9.91. The Kier molecular flexibility index (Phi) is 3.54. The van der Waals surface area contributed by atoms with Crippen LogP contribution in [0.2, 0.25) is 0 Å². The average molecular weight is 172 g/mol. The van der Waals surface area contributed by atoms with Crippen molar-refractivity contribution in [2.45, 2.75) is 6.92 Å². The number of nitrogens with two attached hydrogens (primary N) is 1. The Balaban J connectivity index is 0.000001000. The summed E-state index contributed by atoms with van der Waals surface area (Å²) in [5.41, 5.74) is 6.81. The fourth-order valence-electron chi connectivity index (χ4n) is 0.683. The molecule has 0 aliphatic carbocycles. The van der Waals surface area contributed by atoms with E-state index in [-0.39, 0.29) is 18.2 Å². The van der Waals surface area contributed by atoms with Crippen LogP contribution in [0.5, 0.6) is 0 Å². The van der Waals surface area contributed by atoms with E-state index in [0.717, 1.165) is 5.56 Å². The quantitative estimate of drug-likeness (QED) is 0.491. The molecule has 4 heteroatoms. The van der Waals surface area contributed by atoms with E-state index in [2.05, 4.69) is 4.98 Å². The van der Waals surface area contributed by atoms with Crippen LogP contribution in [0.25, 0.3) is 0 Å². The lowest BCUT2D eigenvalue weighted by molar-refractivity contribution is 1.23. The van der Waals surface area contributed by atoms with Crippen LogP contribution in [0.1, 0.15) is 11.3 Å². The highest BCUT2D eigenvalue weighted by atomic mass is 35.5. The normalized spacial score (nSPS) is 8.45. The third-order valence-electron chi connectivity index (χ3n) is 1.19. The number of aromatic nitrogens is 1. The minimum atomic E-state index is 0. The van der Waals surface area contributed by atoms with Gasteiger partial charge in [-0.3, -0.25) is 10.4 Å². The molecule has 0 bridgehead atoms. The molecule has 3 nitrogen and oxygen atoms in total. The molecule has 0 fully saturated rings. The number of aryl methyl sites for hydroxylation is 1. The lowest BCUT2D eigenvalue weighted by Gasteiger charge is -1.96. The highest BCUT2D eigenvalue weighted by Crippen LogP contribution is 1.97. The number of nitrogen functional groups attached to an aromatic ring is 1. The zero-order valence-electron chi connectivity index (χ0n) is 6.16. The van der Waals surface area contributed by atoms with Crippen molar-refractivity contribution in [3.8, 4) is 0 Å². The molecule has 1 aromatic heterocycles. The van der Waals surface area contributed by atoms with Crippen molar-refractivity contribution in [1.82, 2.24) is 4.98 Å². The maximum Gasteiger partial charge on any atom is 0.141 e. The third kappa shape index (κ3) is 2.55. The van der Waals surface area contributed by atoms with Gasteiger partial charge in [0.2, 0.25) is 0 Å². The van der Waals surface area contributed by atoms with E-state index in [0.29, 0.717) is 5.69 Å². The Morgan fingerprint density at radius 2 is 2.27 bits per heavy atom. The van der Waals surface area contributed by atoms with Gasteiger partial charge in [-0.1, -0.05) is 0 Å². The molecule has 1 aromatic rings. The largest absolute Gasteiger partial charge is 0.382 e. The fourth-order valence-corrected chi connectivity index (χ4v) is 0.683. The van der Waals surface area contributed by atoms with Crippen molar-refractivity contribution in [3.63, 3.8) is 0 Å². The number of nitrogens with zero attached hydrogens (tertiary/aromatic N) is 1. The van der Waals surface area contributed by atoms with Crippen LogP contribution in [-0.2, 0) is 0 Å². The highest BCUT2D eigenvalue weighted by molar-refractivity contribution is 5.93. The molecular formula is C7H10ClN3. The van der Waals surface area contributed by atoms with Crippen molar-refractivity contribution < 1.29 is 0 Å². The number of halogens is 1. The molecule has 0 spiro atoms. The van der Waals surface area contributed by atoms with E-state index in [1.165, 1.54) is 0 Å². The minimum absolute atomic E-state index is 0. The number of nitrogens with one attached hydrogen (secondary N) is 1. The van der Waals surface area contributed by atoms with Crippen LogP contribution in [0, 0.1) is 12.3 Å². The molecule has 60 valence electrons. The molecule has 0 unspecified atom stereocenters. The zero-order chi connectivity index (χ0) is 7.56. The van der Waals surface area contributed by atoms with Crippen LogP contribution in [0.15, 0.2) is 18.3 Å². The van der Waals surface area contributed by atoms with Gasteiger partial charge in [-0.2, -0.15) is 0 Å². The topological polar surface area (TPSA) is 62.8 Å². The van der Waals surface area contributed by atoms with Crippen molar-refractivity contribution in [2.24, 2.45) is 5.73 Å². The maximum absolute atomic E-state index is 7.05. The van der Waals surface area contributed by atoms with Crippen LogP contribution >= 0.6 is 12.4 Å². The number of amidine groups is 1. The van der Waals surface area contributed by atoms with Gasteiger partial charge in [-0.15, -0.1) is 12.4 Å². The molecule has 11 heavy (non-hydrogen) atoms. The Labute approximate surface area is 71.6 Å². The molecular weight excluding hydrogens is 162 g/mol. The number of hydrogen-bond acceptors (Lipinski definition) is 2. The van der Waals surface area contributed by atoms with E-state index < -0.39 is 0 Å². The van der Waals surface area contributed by atoms with Crippen molar-refractivity contribution in [2.75, 3.05) is 0 Å². The predicted molar refractivity (Wildman–Crippen MR) is 47.2 cm³/mol. The summed E-state index contributed by atoms with van der Waals surface area (Å²) >= 11 is 0. The molecule has 1 heterocycles. The Bertz CT molecular complexity index is 260. The maximum atomic E-state index is 7.05. The third-order valence-corrected chi connectivity index (χ3v) is 1.19. The molecule has 0 aromatic carbocycles. The van der Waals surface area contributed by atoms with Gasteiger partial charge in [0.25, 0.3) is 0 Å². The molecule has 0 atom stereocenters. The molecule has 0 radical (unpaired) electrons. The number of pyridine rings is 1. The summed E-state index contributed by atoms with van der Waals surface area (Å²) in [6.45, 7) is 1.94. The first-order valence-corrected chi connectivity index (χ1v) is 2.97. The summed E-state index contributed by atoms with van der Waals surface area (Å²) in [7, 11) is 0. The van der Waals surface area contributed by atoms with E-state index in [4.69, 9.17) is 11.1 Å². The Morgan fingerprint density at radius 3 is 2.64 bits per heavy atom. The second-order valence-electron chi connectivity index (χ2n) is 2.13. The smallest absolute Gasteiger partial charge is 0.141 e.